The maximum atomic E-state index is 14.0. The van der Waals surface area contributed by atoms with Gasteiger partial charge in [-0.2, -0.15) is 4.68 Å². The number of hydrogen-bond acceptors (Lipinski definition) is 12. The van der Waals surface area contributed by atoms with Gasteiger partial charge in [0.1, 0.15) is 5.76 Å². The quantitative estimate of drug-likeness (QED) is 0.223. The summed E-state index contributed by atoms with van der Waals surface area (Å²) >= 11 is 2.45. The molecule has 4 heterocycles. The SMILES string of the molecule is CCOC(=O)C1=C(C)N=c2s/c(=C\c3ccc(Sc4nnnn4-c4ccccc4)o3)c(=O)n2[C@H]1c1ccc(OC)c(OC)c1. The van der Waals surface area contributed by atoms with E-state index >= 15 is 0 Å². The molecular formula is C30H26N6O6S2. The van der Waals surface area contributed by atoms with Gasteiger partial charge < -0.3 is 18.6 Å². The Labute approximate surface area is 258 Å². The number of para-hydroxylation sites is 1. The number of carbonyl (C=O) groups excluding carboxylic acids is 1. The van der Waals surface area contributed by atoms with E-state index < -0.39 is 12.0 Å². The first-order valence-corrected chi connectivity index (χ1v) is 15.1. The molecule has 44 heavy (non-hydrogen) atoms. The van der Waals surface area contributed by atoms with Gasteiger partial charge in [0.25, 0.3) is 5.56 Å². The Morgan fingerprint density at radius 3 is 2.64 bits per heavy atom. The maximum Gasteiger partial charge on any atom is 0.338 e. The third-order valence-electron chi connectivity index (χ3n) is 6.75. The summed E-state index contributed by atoms with van der Waals surface area (Å²) in [5.41, 5.74) is 1.85. The molecule has 3 aromatic heterocycles. The van der Waals surface area contributed by atoms with E-state index in [0.29, 0.717) is 48.1 Å². The highest BCUT2D eigenvalue weighted by Gasteiger charge is 2.34. The van der Waals surface area contributed by atoms with Crippen molar-refractivity contribution in [1.82, 2.24) is 24.8 Å². The van der Waals surface area contributed by atoms with Crippen molar-refractivity contribution in [3.63, 3.8) is 0 Å². The molecule has 0 amide bonds. The molecule has 0 bridgehead atoms. The second-order valence-corrected chi connectivity index (χ2v) is 11.4. The van der Waals surface area contributed by atoms with Gasteiger partial charge in [-0.05, 0) is 78.0 Å². The van der Waals surface area contributed by atoms with Crippen LogP contribution in [-0.4, -0.2) is 51.6 Å². The van der Waals surface area contributed by atoms with E-state index in [1.807, 2.05) is 30.3 Å². The van der Waals surface area contributed by atoms with Crippen LogP contribution in [-0.2, 0) is 9.53 Å². The van der Waals surface area contributed by atoms with Gasteiger partial charge >= 0.3 is 5.97 Å². The van der Waals surface area contributed by atoms with Crippen molar-refractivity contribution in [1.29, 1.82) is 0 Å². The average molecular weight is 631 g/mol. The standard InChI is InChI=1S/C30H26N6O6S2/c1-5-41-28(38)25-17(2)31-29-35(26(25)18-11-13-21(39-3)22(15-18)40-4)27(37)23(43-29)16-20-12-14-24(42-20)44-30-32-33-34-36(30)19-9-7-6-8-10-19/h6-16,26H,5H2,1-4H3/b23-16-/t26-/m0/s1. The molecule has 0 saturated heterocycles. The van der Waals surface area contributed by atoms with Gasteiger partial charge in [-0.15, -0.1) is 5.10 Å². The molecule has 0 N–H and O–H groups in total. The normalized spacial score (nSPS) is 14.7. The van der Waals surface area contributed by atoms with Crippen molar-refractivity contribution in [3.8, 4) is 17.2 Å². The lowest BCUT2D eigenvalue weighted by molar-refractivity contribution is -0.139. The zero-order valence-electron chi connectivity index (χ0n) is 24.1. The molecule has 0 fully saturated rings. The maximum absolute atomic E-state index is 14.0. The van der Waals surface area contributed by atoms with Crippen molar-refractivity contribution < 1.29 is 23.4 Å². The van der Waals surface area contributed by atoms with E-state index in [2.05, 4.69) is 20.5 Å². The highest BCUT2D eigenvalue weighted by Crippen LogP contribution is 2.36. The second-order valence-electron chi connectivity index (χ2n) is 9.38. The summed E-state index contributed by atoms with van der Waals surface area (Å²) in [4.78, 5) is 32.2. The van der Waals surface area contributed by atoms with Crippen molar-refractivity contribution in [3.05, 3.63) is 103 Å². The van der Waals surface area contributed by atoms with Crippen LogP contribution < -0.4 is 24.4 Å². The van der Waals surface area contributed by atoms with E-state index in [9.17, 15) is 9.59 Å². The number of carbonyl (C=O) groups is 1. The van der Waals surface area contributed by atoms with Gasteiger partial charge in [-0.1, -0.05) is 35.6 Å². The van der Waals surface area contributed by atoms with E-state index in [1.54, 1.807) is 62.0 Å². The lowest BCUT2D eigenvalue weighted by Crippen LogP contribution is -2.39. The van der Waals surface area contributed by atoms with Crippen LogP contribution in [0, 0.1) is 0 Å². The van der Waals surface area contributed by atoms with E-state index in [4.69, 9.17) is 18.6 Å². The summed E-state index contributed by atoms with van der Waals surface area (Å²) in [6.07, 6.45) is 1.66. The predicted molar refractivity (Wildman–Crippen MR) is 162 cm³/mol. The van der Waals surface area contributed by atoms with Crippen molar-refractivity contribution in [2.45, 2.75) is 30.1 Å². The fourth-order valence-corrected chi connectivity index (χ4v) is 6.58. The van der Waals surface area contributed by atoms with Crippen molar-refractivity contribution in [2.24, 2.45) is 4.99 Å². The van der Waals surface area contributed by atoms with Crippen LogP contribution in [0.4, 0.5) is 0 Å². The van der Waals surface area contributed by atoms with Crippen LogP contribution in [0.2, 0.25) is 0 Å². The minimum Gasteiger partial charge on any atom is -0.493 e. The molecule has 1 atom stereocenters. The number of rotatable bonds is 9. The van der Waals surface area contributed by atoms with Gasteiger partial charge in [0.15, 0.2) is 21.4 Å². The number of hydrogen-bond donors (Lipinski definition) is 0. The monoisotopic (exact) mass is 630 g/mol. The fourth-order valence-electron chi connectivity index (χ4n) is 4.79. The Morgan fingerprint density at radius 2 is 1.89 bits per heavy atom. The summed E-state index contributed by atoms with van der Waals surface area (Å²) in [6.45, 7) is 3.64. The number of ether oxygens (including phenoxy) is 3. The third kappa shape index (κ3) is 5.44. The Balaban J connectivity index is 1.39. The van der Waals surface area contributed by atoms with Gasteiger partial charge in [-0.25, -0.2) is 9.79 Å². The molecule has 0 aliphatic carbocycles. The van der Waals surface area contributed by atoms with Gasteiger partial charge in [-0.3, -0.25) is 9.36 Å². The molecule has 1 aliphatic rings. The van der Waals surface area contributed by atoms with Crippen LogP contribution in [0.3, 0.4) is 0 Å². The zero-order chi connectivity index (χ0) is 30.8. The van der Waals surface area contributed by atoms with E-state index in [-0.39, 0.29) is 17.7 Å². The number of esters is 1. The molecule has 224 valence electrons. The Bertz CT molecular complexity index is 2060. The first-order valence-electron chi connectivity index (χ1n) is 13.4. The summed E-state index contributed by atoms with van der Waals surface area (Å²) in [5, 5.41) is 13.0. The van der Waals surface area contributed by atoms with Crippen LogP contribution in [0.5, 0.6) is 11.5 Å². The molecule has 0 radical (unpaired) electrons. The number of nitrogens with zero attached hydrogens (tertiary/aromatic N) is 6. The first kappa shape index (κ1) is 29.1. The molecular weight excluding hydrogens is 605 g/mol. The number of fused-ring (bicyclic) bond motifs is 1. The van der Waals surface area contributed by atoms with Gasteiger partial charge in [0.05, 0.1) is 48.4 Å². The lowest BCUT2D eigenvalue weighted by atomic mass is 9.95. The number of allylic oxidation sites excluding steroid dienone is 1. The van der Waals surface area contributed by atoms with Crippen LogP contribution in [0.25, 0.3) is 11.8 Å². The van der Waals surface area contributed by atoms with Gasteiger partial charge in [0, 0.05) is 6.08 Å². The minimum atomic E-state index is -0.799. The predicted octanol–water partition coefficient (Wildman–Crippen LogP) is 3.54. The Morgan fingerprint density at radius 1 is 1.09 bits per heavy atom. The van der Waals surface area contributed by atoms with Crippen molar-refractivity contribution in [2.75, 3.05) is 20.8 Å². The van der Waals surface area contributed by atoms with Gasteiger partial charge in [0.2, 0.25) is 5.16 Å². The number of thiazole rings is 1. The molecule has 0 saturated carbocycles. The number of methoxy groups -OCH3 is 2. The molecule has 0 unspecified atom stereocenters. The van der Waals surface area contributed by atoms with E-state index in [1.165, 1.54) is 34.8 Å². The summed E-state index contributed by atoms with van der Waals surface area (Å²) in [6, 6.07) is 17.5. The van der Waals surface area contributed by atoms with Crippen LogP contribution in [0.1, 0.15) is 31.2 Å². The number of furan rings is 1. The Hall–Kier alpha value is -4.95. The molecule has 6 rings (SSSR count). The number of tetrazole rings is 1. The minimum absolute atomic E-state index is 0.176. The third-order valence-corrected chi connectivity index (χ3v) is 8.59. The highest BCUT2D eigenvalue weighted by molar-refractivity contribution is 7.99. The highest BCUT2D eigenvalue weighted by atomic mass is 32.2. The molecule has 1 aliphatic heterocycles. The molecule has 12 nitrogen and oxygen atoms in total. The molecule has 5 aromatic rings. The van der Waals surface area contributed by atoms with E-state index in [0.717, 1.165) is 5.69 Å². The zero-order valence-corrected chi connectivity index (χ0v) is 25.7. The average Bonchev–Trinajstić information content (AvgIpc) is 3.76. The van der Waals surface area contributed by atoms with Crippen LogP contribution >= 0.6 is 23.1 Å². The smallest absolute Gasteiger partial charge is 0.338 e. The van der Waals surface area contributed by atoms with Crippen LogP contribution in [0.15, 0.2) is 96.4 Å². The lowest BCUT2D eigenvalue weighted by Gasteiger charge is -2.25. The molecule has 2 aromatic carbocycles. The molecule has 14 heteroatoms. The molecule has 0 spiro atoms. The fraction of sp³-hybridized carbons (Fsp3) is 0.200. The number of aromatic nitrogens is 5. The second kappa shape index (κ2) is 12.3. The number of benzene rings is 2. The Kier molecular flexibility index (Phi) is 8.17. The first-order chi connectivity index (χ1) is 21.4. The van der Waals surface area contributed by atoms with Crippen molar-refractivity contribution >= 4 is 35.1 Å². The summed E-state index contributed by atoms with van der Waals surface area (Å²) in [5.74, 6) is 0.893. The summed E-state index contributed by atoms with van der Waals surface area (Å²) < 4.78 is 25.8. The summed E-state index contributed by atoms with van der Waals surface area (Å²) in [7, 11) is 3.07. The largest absolute Gasteiger partial charge is 0.493 e. The topological polar surface area (TPSA) is 136 Å².